The molecule has 1 fully saturated rings. The second-order valence-electron chi connectivity index (χ2n) is 7.34. The van der Waals surface area contributed by atoms with Crippen molar-refractivity contribution < 1.29 is 13.2 Å². The van der Waals surface area contributed by atoms with Gasteiger partial charge in [0.15, 0.2) is 4.80 Å². The van der Waals surface area contributed by atoms with Gasteiger partial charge < -0.3 is 4.57 Å². The maximum absolute atomic E-state index is 13.2. The highest BCUT2D eigenvalue weighted by Gasteiger charge is 2.38. The molecule has 3 aromatic rings. The average Bonchev–Trinajstić information content (AvgIpc) is 3.43. The molecule has 9 heteroatoms. The summed E-state index contributed by atoms with van der Waals surface area (Å²) in [5.74, 6) is 2.19. The molecule has 6 nitrogen and oxygen atoms in total. The van der Waals surface area contributed by atoms with Gasteiger partial charge >= 0.3 is 0 Å². The molecule has 1 saturated heterocycles. The fourth-order valence-electron chi connectivity index (χ4n) is 3.80. The number of piperidine rings is 1. The van der Waals surface area contributed by atoms with Gasteiger partial charge in [-0.3, -0.25) is 4.79 Å². The lowest BCUT2D eigenvalue weighted by Crippen LogP contribution is -2.47. The number of benzene rings is 1. The van der Waals surface area contributed by atoms with Crippen LogP contribution in [-0.2, 0) is 27.8 Å². The quantitative estimate of drug-likeness (QED) is 0.531. The maximum atomic E-state index is 13.2. The molecule has 0 N–H and O–H groups in total. The molecule has 2 aromatic heterocycles. The van der Waals surface area contributed by atoms with E-state index in [1.54, 1.807) is 17.5 Å². The van der Waals surface area contributed by atoms with Crippen molar-refractivity contribution in [3.8, 4) is 12.3 Å². The van der Waals surface area contributed by atoms with Gasteiger partial charge in [0, 0.05) is 6.54 Å². The van der Waals surface area contributed by atoms with Gasteiger partial charge in [-0.25, -0.2) is 8.42 Å². The first-order valence-corrected chi connectivity index (χ1v) is 13.3. The largest absolute Gasteiger partial charge is 0.305 e. The molecule has 0 saturated carbocycles. The summed E-state index contributed by atoms with van der Waals surface area (Å²) in [5, 5.41) is 1.72. The molecule has 0 radical (unpaired) electrons. The molecule has 1 unspecified atom stereocenters. The van der Waals surface area contributed by atoms with Crippen LogP contribution in [0.3, 0.4) is 0 Å². The lowest BCUT2D eigenvalue weighted by Gasteiger charge is -2.31. The summed E-state index contributed by atoms with van der Waals surface area (Å²) < 4.78 is 30.6. The molecule has 4 rings (SSSR count). The van der Waals surface area contributed by atoms with Gasteiger partial charge in [-0.2, -0.15) is 9.30 Å². The number of amides is 1. The standard InChI is InChI=1S/C22H23N3O3S3/c1-3-12-24-17-11-10-16(4-2)15-19(17)30-22(24)23-21(26)18-8-5-6-13-25(18)31(27,28)20-9-7-14-29-20/h1,7,9-11,14-15,18H,4-6,8,12-13H2,2H3. The Labute approximate surface area is 189 Å². The lowest BCUT2D eigenvalue weighted by atomic mass is 10.0. The highest BCUT2D eigenvalue weighted by molar-refractivity contribution is 7.91. The first-order chi connectivity index (χ1) is 15.0. The van der Waals surface area contributed by atoms with E-state index in [0.29, 0.717) is 24.3 Å². The van der Waals surface area contributed by atoms with Crippen molar-refractivity contribution in [3.63, 3.8) is 0 Å². The number of thiazole rings is 1. The van der Waals surface area contributed by atoms with Gasteiger partial charge in [-0.15, -0.1) is 17.8 Å². The second-order valence-corrected chi connectivity index (χ2v) is 11.4. The van der Waals surface area contributed by atoms with Crippen LogP contribution < -0.4 is 4.80 Å². The van der Waals surface area contributed by atoms with E-state index in [0.717, 1.165) is 40.8 Å². The Morgan fingerprint density at radius 2 is 2.16 bits per heavy atom. The molecule has 0 spiro atoms. The highest BCUT2D eigenvalue weighted by atomic mass is 32.2. The lowest BCUT2D eigenvalue weighted by molar-refractivity contribution is -0.122. The number of carbonyl (C=O) groups excluding carboxylic acids is 1. The van der Waals surface area contributed by atoms with E-state index in [9.17, 15) is 13.2 Å². The van der Waals surface area contributed by atoms with Gasteiger partial charge in [0.25, 0.3) is 15.9 Å². The number of hydrogen-bond donors (Lipinski definition) is 0. The van der Waals surface area contributed by atoms with Crippen molar-refractivity contribution in [2.45, 2.75) is 49.4 Å². The maximum Gasteiger partial charge on any atom is 0.266 e. The van der Waals surface area contributed by atoms with Gasteiger partial charge in [-0.05, 0) is 48.4 Å². The first-order valence-electron chi connectivity index (χ1n) is 10.2. The van der Waals surface area contributed by atoms with Crippen molar-refractivity contribution in [1.29, 1.82) is 0 Å². The molecule has 0 aliphatic carbocycles. The van der Waals surface area contributed by atoms with Gasteiger partial charge in [0.05, 0.1) is 16.8 Å². The molecule has 1 atom stereocenters. The van der Waals surface area contributed by atoms with E-state index in [-0.39, 0.29) is 4.21 Å². The minimum atomic E-state index is -3.72. The molecule has 1 amide bonds. The normalized spacial score (nSPS) is 18.3. The monoisotopic (exact) mass is 473 g/mol. The Kier molecular flexibility index (Phi) is 6.44. The first kappa shape index (κ1) is 22.0. The van der Waals surface area contributed by atoms with E-state index in [2.05, 4.69) is 23.9 Å². The fourth-order valence-corrected chi connectivity index (χ4v) is 7.67. The predicted molar refractivity (Wildman–Crippen MR) is 124 cm³/mol. The Bertz CT molecular complexity index is 1310. The Hall–Kier alpha value is -2.25. The second kappa shape index (κ2) is 9.09. The van der Waals surface area contributed by atoms with Crippen molar-refractivity contribution >= 4 is 48.8 Å². The zero-order valence-corrected chi connectivity index (χ0v) is 19.6. The molecule has 1 aliphatic rings. The van der Waals surface area contributed by atoms with Crippen LogP contribution in [0.25, 0.3) is 10.2 Å². The van der Waals surface area contributed by atoms with E-state index < -0.39 is 22.0 Å². The molecule has 0 bridgehead atoms. The number of sulfonamides is 1. The number of carbonyl (C=O) groups is 1. The summed E-state index contributed by atoms with van der Waals surface area (Å²) in [5.41, 5.74) is 2.12. The number of fused-ring (bicyclic) bond motifs is 1. The number of aromatic nitrogens is 1. The average molecular weight is 474 g/mol. The molecule has 3 heterocycles. The topological polar surface area (TPSA) is 71.7 Å². The van der Waals surface area contributed by atoms with Gasteiger partial charge in [-0.1, -0.05) is 42.7 Å². The van der Waals surface area contributed by atoms with E-state index in [1.165, 1.54) is 21.2 Å². The van der Waals surface area contributed by atoms with Crippen LogP contribution in [0.5, 0.6) is 0 Å². The van der Waals surface area contributed by atoms with Crippen molar-refractivity contribution in [2.24, 2.45) is 4.99 Å². The van der Waals surface area contributed by atoms with E-state index in [4.69, 9.17) is 6.42 Å². The van der Waals surface area contributed by atoms with E-state index >= 15 is 0 Å². The number of nitrogens with zero attached hydrogens (tertiary/aromatic N) is 3. The zero-order valence-electron chi connectivity index (χ0n) is 17.2. The molecule has 31 heavy (non-hydrogen) atoms. The molecule has 1 aromatic carbocycles. The molecule has 1 aliphatic heterocycles. The smallest absolute Gasteiger partial charge is 0.266 e. The Morgan fingerprint density at radius 1 is 1.32 bits per heavy atom. The highest BCUT2D eigenvalue weighted by Crippen LogP contribution is 2.28. The minimum Gasteiger partial charge on any atom is -0.305 e. The number of terminal acetylenes is 1. The van der Waals surface area contributed by atoms with E-state index in [1.807, 2.05) is 16.7 Å². The van der Waals surface area contributed by atoms with Crippen molar-refractivity contribution in [2.75, 3.05) is 6.54 Å². The SMILES string of the molecule is C#CCn1c(=NC(=O)C2CCCCN2S(=O)(=O)c2cccs2)sc2cc(CC)ccc21. The van der Waals surface area contributed by atoms with Crippen LogP contribution in [0, 0.1) is 12.3 Å². The van der Waals surface area contributed by atoms with Gasteiger partial charge in [0.2, 0.25) is 0 Å². The van der Waals surface area contributed by atoms with Crippen LogP contribution >= 0.6 is 22.7 Å². The molecular formula is C22H23N3O3S3. The Morgan fingerprint density at radius 3 is 2.87 bits per heavy atom. The third-order valence-corrected chi connectivity index (χ3v) is 9.73. The van der Waals surface area contributed by atoms with Crippen molar-refractivity contribution in [3.05, 3.63) is 46.1 Å². The van der Waals surface area contributed by atoms with Crippen LogP contribution in [0.2, 0.25) is 0 Å². The van der Waals surface area contributed by atoms with Crippen molar-refractivity contribution in [1.82, 2.24) is 8.87 Å². The Balaban J connectivity index is 1.75. The third kappa shape index (κ3) is 4.26. The van der Waals surface area contributed by atoms with Crippen LogP contribution in [0.15, 0.2) is 44.9 Å². The van der Waals surface area contributed by atoms with Crippen LogP contribution in [0.4, 0.5) is 0 Å². The summed E-state index contributed by atoms with van der Waals surface area (Å²) >= 11 is 2.57. The van der Waals surface area contributed by atoms with Crippen LogP contribution in [-0.4, -0.2) is 35.8 Å². The van der Waals surface area contributed by atoms with Crippen LogP contribution in [0.1, 0.15) is 31.7 Å². The summed E-state index contributed by atoms with van der Waals surface area (Å²) in [4.78, 5) is 18.1. The molecule has 162 valence electrons. The number of thiophene rings is 1. The number of hydrogen-bond acceptors (Lipinski definition) is 5. The number of rotatable bonds is 5. The summed E-state index contributed by atoms with van der Waals surface area (Å²) in [6.45, 7) is 2.70. The predicted octanol–water partition coefficient (Wildman–Crippen LogP) is 3.63. The molecular weight excluding hydrogens is 450 g/mol. The zero-order chi connectivity index (χ0) is 22.0. The van der Waals surface area contributed by atoms with Gasteiger partial charge in [0.1, 0.15) is 10.3 Å². The summed E-state index contributed by atoms with van der Waals surface area (Å²) in [7, 11) is -3.72. The number of aryl methyl sites for hydroxylation is 1. The summed E-state index contributed by atoms with van der Waals surface area (Å²) in [6, 6.07) is 8.62. The third-order valence-electron chi connectivity index (χ3n) is 5.41. The summed E-state index contributed by atoms with van der Waals surface area (Å²) in [6.07, 6.45) is 8.46. The fraction of sp³-hybridized carbons (Fsp3) is 0.364. The minimum absolute atomic E-state index is 0.253.